The van der Waals surface area contributed by atoms with Crippen LogP contribution in [0.15, 0.2) is 29.3 Å². The first-order valence-electron chi connectivity index (χ1n) is 7.59. The number of hydrogen-bond donors (Lipinski definition) is 2. The van der Waals surface area contributed by atoms with Gasteiger partial charge in [-0.1, -0.05) is 12.1 Å². The van der Waals surface area contributed by atoms with Crippen molar-refractivity contribution in [3.8, 4) is 0 Å². The van der Waals surface area contributed by atoms with Crippen molar-refractivity contribution in [3.05, 3.63) is 35.6 Å². The van der Waals surface area contributed by atoms with Crippen molar-refractivity contribution < 1.29 is 12.8 Å². The Bertz CT molecular complexity index is 608. The second-order valence-electron chi connectivity index (χ2n) is 5.02. The highest BCUT2D eigenvalue weighted by molar-refractivity contribution is 14.0. The number of nitrogens with one attached hydrogen (secondary N) is 2. The van der Waals surface area contributed by atoms with E-state index in [1.807, 2.05) is 18.9 Å². The molecule has 0 spiro atoms. The molecular weight excluding hydrogens is 446 g/mol. The highest BCUT2D eigenvalue weighted by Gasteiger charge is 2.08. The summed E-state index contributed by atoms with van der Waals surface area (Å²) in [6.45, 7) is 5.43. The van der Waals surface area contributed by atoms with E-state index in [4.69, 9.17) is 0 Å². The van der Waals surface area contributed by atoms with Crippen LogP contribution in [0.5, 0.6) is 0 Å². The number of guanidine groups is 1. The van der Waals surface area contributed by atoms with Crippen molar-refractivity contribution in [1.29, 1.82) is 0 Å². The van der Waals surface area contributed by atoms with Crippen LogP contribution in [-0.2, 0) is 16.6 Å². The predicted molar refractivity (Wildman–Crippen MR) is 107 cm³/mol. The number of rotatable bonds is 8. The van der Waals surface area contributed by atoms with Crippen molar-refractivity contribution in [2.24, 2.45) is 4.99 Å². The Labute approximate surface area is 161 Å². The maximum Gasteiger partial charge on any atom is 0.211 e. The maximum absolute atomic E-state index is 12.9. The Morgan fingerprint density at radius 3 is 2.42 bits per heavy atom. The molecule has 0 fully saturated rings. The van der Waals surface area contributed by atoms with E-state index in [2.05, 4.69) is 15.0 Å². The van der Waals surface area contributed by atoms with Crippen LogP contribution >= 0.6 is 24.0 Å². The van der Waals surface area contributed by atoms with Gasteiger partial charge in [0.05, 0.1) is 12.3 Å². The Morgan fingerprint density at radius 1 is 1.25 bits per heavy atom. The Hall–Kier alpha value is -0.940. The number of halogens is 2. The largest absolute Gasteiger partial charge is 0.357 e. The second kappa shape index (κ2) is 11.6. The molecule has 0 atom stereocenters. The molecule has 6 nitrogen and oxygen atoms in total. The third-order valence-electron chi connectivity index (χ3n) is 3.10. The van der Waals surface area contributed by atoms with Crippen molar-refractivity contribution >= 4 is 40.0 Å². The first-order valence-corrected chi connectivity index (χ1v) is 9.24. The lowest BCUT2D eigenvalue weighted by molar-refractivity contribution is 0.476. The van der Waals surface area contributed by atoms with E-state index in [0.717, 1.165) is 5.56 Å². The van der Waals surface area contributed by atoms with Crippen molar-refractivity contribution in [1.82, 2.24) is 14.9 Å². The van der Waals surface area contributed by atoms with Crippen molar-refractivity contribution in [2.75, 3.05) is 32.4 Å². The van der Waals surface area contributed by atoms with E-state index >= 15 is 0 Å². The molecule has 0 aliphatic carbocycles. The summed E-state index contributed by atoms with van der Waals surface area (Å²) < 4.78 is 38.1. The molecule has 1 rings (SSSR count). The van der Waals surface area contributed by atoms with Gasteiger partial charge >= 0.3 is 0 Å². The molecule has 2 N–H and O–H groups in total. The topological polar surface area (TPSA) is 73.8 Å². The fourth-order valence-corrected chi connectivity index (χ4v) is 2.48. The molecule has 1 aromatic carbocycles. The normalized spacial score (nSPS) is 11.8. The van der Waals surface area contributed by atoms with Gasteiger partial charge in [-0.2, -0.15) is 0 Å². The van der Waals surface area contributed by atoms with E-state index in [9.17, 15) is 12.8 Å². The summed E-state index contributed by atoms with van der Waals surface area (Å²) in [5.41, 5.74) is 0.964. The number of hydrogen-bond acceptors (Lipinski definition) is 3. The third kappa shape index (κ3) is 8.78. The Morgan fingerprint density at radius 2 is 1.88 bits per heavy atom. The molecule has 0 bridgehead atoms. The average molecular weight is 472 g/mol. The van der Waals surface area contributed by atoms with Gasteiger partial charge in [0.2, 0.25) is 10.0 Å². The van der Waals surface area contributed by atoms with Gasteiger partial charge in [-0.25, -0.2) is 17.5 Å². The van der Waals surface area contributed by atoms with E-state index in [1.54, 1.807) is 19.1 Å². The molecule has 0 unspecified atom stereocenters. The van der Waals surface area contributed by atoms with Crippen LogP contribution in [0.2, 0.25) is 0 Å². The number of benzene rings is 1. The van der Waals surface area contributed by atoms with Gasteiger partial charge in [0.1, 0.15) is 5.82 Å². The maximum atomic E-state index is 12.9. The summed E-state index contributed by atoms with van der Waals surface area (Å²) in [6, 6.07) is 6.30. The summed E-state index contributed by atoms with van der Waals surface area (Å²) in [4.78, 5) is 6.30. The van der Waals surface area contributed by atoms with Gasteiger partial charge in [0.25, 0.3) is 0 Å². The standard InChI is InChI=1S/C15H25FN4O2S.HI/c1-4-17-15(18-10-11-19-23(21,22)5-2)20(3)12-13-6-8-14(16)9-7-13;/h6-9,19H,4-5,10-12H2,1-3H3,(H,17,18);1H. The zero-order valence-corrected chi connectivity index (χ0v) is 17.4. The van der Waals surface area contributed by atoms with Gasteiger partial charge in [0, 0.05) is 26.7 Å². The molecule has 9 heteroatoms. The summed E-state index contributed by atoms with van der Waals surface area (Å²) in [5, 5.41) is 3.15. The molecule has 0 aliphatic heterocycles. The summed E-state index contributed by atoms with van der Waals surface area (Å²) in [5.74, 6) is 0.467. The van der Waals surface area contributed by atoms with Gasteiger partial charge in [0.15, 0.2) is 5.96 Å². The molecule has 0 saturated carbocycles. The molecule has 138 valence electrons. The molecule has 0 radical (unpaired) electrons. The fourth-order valence-electron chi connectivity index (χ4n) is 1.87. The van der Waals surface area contributed by atoms with Gasteiger partial charge in [-0.3, -0.25) is 4.99 Å². The minimum absolute atomic E-state index is 0. The SMILES string of the molecule is CCNC(=NCCNS(=O)(=O)CC)N(C)Cc1ccc(F)cc1.I. The quantitative estimate of drug-likeness (QED) is 0.262. The number of sulfonamides is 1. The lowest BCUT2D eigenvalue weighted by Gasteiger charge is -2.22. The molecule has 1 aromatic rings. The molecule has 24 heavy (non-hydrogen) atoms. The second-order valence-corrected chi connectivity index (χ2v) is 7.11. The smallest absolute Gasteiger partial charge is 0.211 e. The van der Waals surface area contributed by atoms with Gasteiger partial charge in [-0.05, 0) is 31.5 Å². The first kappa shape index (κ1) is 23.1. The molecular formula is C15H26FIN4O2S. The minimum atomic E-state index is -3.19. The Balaban J connectivity index is 0.00000529. The molecule has 0 aliphatic rings. The third-order valence-corrected chi connectivity index (χ3v) is 4.51. The van der Waals surface area contributed by atoms with Crippen LogP contribution in [0.4, 0.5) is 4.39 Å². The highest BCUT2D eigenvalue weighted by atomic mass is 127. The first-order chi connectivity index (χ1) is 10.9. The van der Waals surface area contributed by atoms with Crippen molar-refractivity contribution in [3.63, 3.8) is 0 Å². The van der Waals surface area contributed by atoms with E-state index in [-0.39, 0.29) is 42.1 Å². The lowest BCUT2D eigenvalue weighted by atomic mass is 10.2. The molecule has 0 aromatic heterocycles. The van der Waals surface area contributed by atoms with Crippen molar-refractivity contribution in [2.45, 2.75) is 20.4 Å². The van der Waals surface area contributed by atoms with Gasteiger partial charge < -0.3 is 10.2 Å². The predicted octanol–water partition coefficient (Wildman–Crippen LogP) is 1.78. The van der Waals surface area contributed by atoms with Crippen LogP contribution < -0.4 is 10.0 Å². The van der Waals surface area contributed by atoms with Crippen LogP contribution in [0.3, 0.4) is 0 Å². The van der Waals surface area contributed by atoms with Gasteiger partial charge in [-0.15, -0.1) is 24.0 Å². The van der Waals surface area contributed by atoms with Crippen LogP contribution in [0, 0.1) is 5.82 Å². The molecule has 0 heterocycles. The van der Waals surface area contributed by atoms with Crippen LogP contribution in [-0.4, -0.2) is 51.7 Å². The highest BCUT2D eigenvalue weighted by Crippen LogP contribution is 2.05. The lowest BCUT2D eigenvalue weighted by Crippen LogP contribution is -2.39. The summed E-state index contributed by atoms with van der Waals surface area (Å²) in [6.07, 6.45) is 0. The fraction of sp³-hybridized carbons (Fsp3) is 0.533. The zero-order chi connectivity index (χ0) is 17.3. The average Bonchev–Trinajstić information content (AvgIpc) is 2.52. The minimum Gasteiger partial charge on any atom is -0.357 e. The van der Waals surface area contributed by atoms with Crippen LogP contribution in [0.25, 0.3) is 0 Å². The van der Waals surface area contributed by atoms with E-state index in [1.165, 1.54) is 12.1 Å². The summed E-state index contributed by atoms with van der Waals surface area (Å²) in [7, 11) is -1.32. The summed E-state index contributed by atoms with van der Waals surface area (Å²) >= 11 is 0. The number of nitrogens with zero attached hydrogens (tertiary/aromatic N) is 2. The Kier molecular flexibility index (Phi) is 11.1. The zero-order valence-electron chi connectivity index (χ0n) is 14.3. The van der Waals surface area contributed by atoms with E-state index in [0.29, 0.717) is 25.6 Å². The molecule has 0 saturated heterocycles. The number of aliphatic imine (C=N–C) groups is 1. The monoisotopic (exact) mass is 472 g/mol. The van der Waals surface area contributed by atoms with Crippen LogP contribution in [0.1, 0.15) is 19.4 Å². The van der Waals surface area contributed by atoms with E-state index < -0.39 is 10.0 Å². The molecule has 0 amide bonds.